The molecule has 2 aromatic rings. The Labute approximate surface area is 147 Å². The van der Waals surface area contributed by atoms with Crippen molar-refractivity contribution in [3.63, 3.8) is 0 Å². The van der Waals surface area contributed by atoms with Gasteiger partial charge in [-0.1, -0.05) is 23.7 Å². The molecule has 1 amide bonds. The molecule has 0 aliphatic rings. The van der Waals surface area contributed by atoms with Crippen LogP contribution >= 0.6 is 11.6 Å². The van der Waals surface area contributed by atoms with E-state index in [-0.39, 0.29) is 11.4 Å². The first-order chi connectivity index (χ1) is 11.2. The van der Waals surface area contributed by atoms with E-state index in [0.29, 0.717) is 18.2 Å². The summed E-state index contributed by atoms with van der Waals surface area (Å²) in [5.41, 5.74) is 1.98. The Bertz CT molecular complexity index is 708. The number of aryl methyl sites for hydroxylation is 1. The highest BCUT2D eigenvalue weighted by Gasteiger charge is 2.17. The molecule has 0 atom stereocenters. The average Bonchev–Trinajstić information content (AvgIpc) is 2.47. The summed E-state index contributed by atoms with van der Waals surface area (Å²) in [5.74, 6) is 0.261. The summed E-state index contributed by atoms with van der Waals surface area (Å²) in [4.78, 5) is 20.9. The van der Waals surface area contributed by atoms with E-state index >= 15 is 0 Å². The van der Waals surface area contributed by atoms with Crippen LogP contribution in [0, 0.1) is 6.92 Å². The minimum Gasteiger partial charge on any atom is -0.354 e. The SMILES string of the molecule is Cc1cc(C(=O)NC(C)(C)C)nc(NCCc2ccc(Cl)cc2)n1. The largest absolute Gasteiger partial charge is 0.354 e. The molecule has 0 aliphatic carbocycles. The van der Waals surface area contributed by atoms with Gasteiger partial charge in [0, 0.05) is 22.8 Å². The number of hydrogen-bond donors (Lipinski definition) is 2. The molecule has 0 saturated carbocycles. The molecule has 1 heterocycles. The molecule has 0 bridgehead atoms. The number of nitrogens with one attached hydrogen (secondary N) is 2. The number of amides is 1. The predicted octanol–water partition coefficient (Wildman–Crippen LogP) is 3.62. The second kappa shape index (κ2) is 7.62. The summed E-state index contributed by atoms with van der Waals surface area (Å²) < 4.78 is 0. The highest BCUT2D eigenvalue weighted by Crippen LogP contribution is 2.11. The topological polar surface area (TPSA) is 66.9 Å². The van der Waals surface area contributed by atoms with Gasteiger partial charge in [-0.3, -0.25) is 4.79 Å². The smallest absolute Gasteiger partial charge is 0.270 e. The van der Waals surface area contributed by atoms with Gasteiger partial charge in [0.2, 0.25) is 5.95 Å². The van der Waals surface area contributed by atoms with Crippen molar-refractivity contribution >= 4 is 23.5 Å². The van der Waals surface area contributed by atoms with Gasteiger partial charge in [0.05, 0.1) is 0 Å². The molecular weight excluding hydrogens is 324 g/mol. The van der Waals surface area contributed by atoms with Gasteiger partial charge in [-0.2, -0.15) is 0 Å². The summed E-state index contributed by atoms with van der Waals surface area (Å²) in [5, 5.41) is 6.80. The molecule has 0 radical (unpaired) electrons. The molecule has 1 aromatic carbocycles. The van der Waals surface area contributed by atoms with Crippen LogP contribution in [0.4, 0.5) is 5.95 Å². The van der Waals surface area contributed by atoms with Gasteiger partial charge in [0.25, 0.3) is 5.91 Å². The molecule has 1 aromatic heterocycles. The van der Waals surface area contributed by atoms with Crippen LogP contribution in [-0.2, 0) is 6.42 Å². The summed E-state index contributed by atoms with van der Waals surface area (Å²) in [6, 6.07) is 9.40. The highest BCUT2D eigenvalue weighted by molar-refractivity contribution is 6.30. The maximum absolute atomic E-state index is 12.3. The number of nitrogens with zero attached hydrogens (tertiary/aromatic N) is 2. The molecular formula is C18H23ClN4O. The Morgan fingerprint density at radius 2 is 1.83 bits per heavy atom. The lowest BCUT2D eigenvalue weighted by molar-refractivity contribution is 0.0914. The zero-order valence-electron chi connectivity index (χ0n) is 14.5. The van der Waals surface area contributed by atoms with E-state index < -0.39 is 0 Å². The van der Waals surface area contributed by atoms with E-state index in [1.54, 1.807) is 6.07 Å². The summed E-state index contributed by atoms with van der Waals surface area (Å²) in [6.07, 6.45) is 0.817. The number of carbonyl (C=O) groups excluding carboxylic acids is 1. The van der Waals surface area contributed by atoms with Gasteiger partial charge in [0.1, 0.15) is 5.69 Å². The number of aromatic nitrogens is 2. The molecule has 128 valence electrons. The number of halogens is 1. The molecule has 0 saturated heterocycles. The van der Waals surface area contributed by atoms with Gasteiger partial charge >= 0.3 is 0 Å². The molecule has 2 N–H and O–H groups in total. The second-order valence-corrected chi connectivity index (χ2v) is 7.16. The Morgan fingerprint density at radius 3 is 2.46 bits per heavy atom. The fraction of sp³-hybridized carbons (Fsp3) is 0.389. The van der Waals surface area contributed by atoms with Crippen molar-refractivity contribution in [1.29, 1.82) is 0 Å². The van der Waals surface area contributed by atoms with Gasteiger partial charge in [-0.05, 0) is 57.9 Å². The van der Waals surface area contributed by atoms with Crippen LogP contribution < -0.4 is 10.6 Å². The van der Waals surface area contributed by atoms with E-state index in [4.69, 9.17) is 11.6 Å². The van der Waals surface area contributed by atoms with Gasteiger partial charge in [-0.25, -0.2) is 9.97 Å². The maximum atomic E-state index is 12.3. The van der Waals surface area contributed by atoms with E-state index in [1.165, 1.54) is 5.56 Å². The molecule has 6 heteroatoms. The number of benzene rings is 1. The second-order valence-electron chi connectivity index (χ2n) is 6.73. The van der Waals surface area contributed by atoms with Crippen molar-refractivity contribution in [1.82, 2.24) is 15.3 Å². The summed E-state index contributed by atoms with van der Waals surface area (Å²) >= 11 is 5.88. The number of hydrogen-bond acceptors (Lipinski definition) is 4. The van der Waals surface area contributed by atoms with E-state index in [0.717, 1.165) is 17.1 Å². The van der Waals surface area contributed by atoms with Crippen LogP contribution in [0.3, 0.4) is 0 Å². The number of carbonyl (C=O) groups is 1. The van der Waals surface area contributed by atoms with Crippen LogP contribution in [0.2, 0.25) is 5.02 Å². The first kappa shape index (κ1) is 18.2. The number of rotatable bonds is 5. The molecule has 5 nitrogen and oxygen atoms in total. The van der Waals surface area contributed by atoms with Crippen molar-refractivity contribution in [2.75, 3.05) is 11.9 Å². The first-order valence-corrected chi connectivity index (χ1v) is 8.27. The van der Waals surface area contributed by atoms with Crippen molar-refractivity contribution in [3.05, 3.63) is 52.3 Å². The van der Waals surface area contributed by atoms with Crippen LogP contribution in [0.1, 0.15) is 42.5 Å². The lowest BCUT2D eigenvalue weighted by atomic mass is 10.1. The quantitative estimate of drug-likeness (QED) is 0.867. The Balaban J connectivity index is 2.00. The molecule has 0 unspecified atom stereocenters. The molecule has 0 spiro atoms. The van der Waals surface area contributed by atoms with Gasteiger partial charge < -0.3 is 10.6 Å². The van der Waals surface area contributed by atoms with Crippen molar-refractivity contribution in [3.8, 4) is 0 Å². The van der Waals surface area contributed by atoms with Crippen molar-refractivity contribution < 1.29 is 4.79 Å². The lowest BCUT2D eigenvalue weighted by Gasteiger charge is -2.20. The van der Waals surface area contributed by atoms with Gasteiger partial charge in [-0.15, -0.1) is 0 Å². The van der Waals surface area contributed by atoms with Crippen molar-refractivity contribution in [2.24, 2.45) is 0 Å². The third kappa shape index (κ3) is 5.81. The minimum absolute atomic E-state index is 0.200. The predicted molar refractivity (Wildman–Crippen MR) is 97.6 cm³/mol. The average molecular weight is 347 g/mol. The van der Waals surface area contributed by atoms with Crippen LogP contribution in [0.15, 0.2) is 30.3 Å². The Kier molecular flexibility index (Phi) is 5.78. The molecule has 0 aliphatic heterocycles. The van der Waals surface area contributed by atoms with Crippen molar-refractivity contribution in [2.45, 2.75) is 39.7 Å². The molecule has 24 heavy (non-hydrogen) atoms. The summed E-state index contributed by atoms with van der Waals surface area (Å²) in [6.45, 7) is 8.32. The molecule has 2 rings (SSSR count). The Morgan fingerprint density at radius 1 is 1.17 bits per heavy atom. The standard InChI is InChI=1S/C18H23ClN4O/c1-12-11-15(16(24)23-18(2,3)4)22-17(21-12)20-10-9-13-5-7-14(19)8-6-13/h5-8,11H,9-10H2,1-4H3,(H,23,24)(H,20,21,22). The fourth-order valence-electron chi connectivity index (χ4n) is 2.14. The van der Waals surface area contributed by atoms with E-state index in [2.05, 4.69) is 20.6 Å². The van der Waals surface area contributed by atoms with E-state index in [9.17, 15) is 4.79 Å². The fourth-order valence-corrected chi connectivity index (χ4v) is 2.26. The number of anilines is 1. The van der Waals surface area contributed by atoms with E-state index in [1.807, 2.05) is 52.0 Å². The van der Waals surface area contributed by atoms with Crippen LogP contribution in [0.25, 0.3) is 0 Å². The zero-order valence-corrected chi connectivity index (χ0v) is 15.2. The van der Waals surface area contributed by atoms with Gasteiger partial charge in [0.15, 0.2) is 0 Å². The summed E-state index contributed by atoms with van der Waals surface area (Å²) in [7, 11) is 0. The normalized spacial score (nSPS) is 11.2. The van der Waals surface area contributed by atoms with Crippen LogP contribution in [0.5, 0.6) is 0 Å². The maximum Gasteiger partial charge on any atom is 0.270 e. The first-order valence-electron chi connectivity index (χ1n) is 7.89. The Hall–Kier alpha value is -2.14. The third-order valence-corrected chi connectivity index (χ3v) is 3.44. The monoisotopic (exact) mass is 346 g/mol. The lowest BCUT2D eigenvalue weighted by Crippen LogP contribution is -2.41. The zero-order chi connectivity index (χ0) is 17.7. The molecule has 0 fully saturated rings. The minimum atomic E-state index is -0.307. The highest BCUT2D eigenvalue weighted by atomic mass is 35.5. The van der Waals surface area contributed by atoms with Crippen LogP contribution in [-0.4, -0.2) is 28.0 Å². The third-order valence-electron chi connectivity index (χ3n) is 3.19.